The van der Waals surface area contributed by atoms with Gasteiger partial charge in [0.05, 0.1) is 29.8 Å². The number of hydrogen-bond donors (Lipinski definition) is 1. The van der Waals surface area contributed by atoms with E-state index in [4.69, 9.17) is 9.47 Å². The van der Waals surface area contributed by atoms with Crippen LogP contribution < -0.4 is 14.3 Å². The number of hydrogen-bond acceptors (Lipinski definition) is 7. The van der Waals surface area contributed by atoms with E-state index in [-0.39, 0.29) is 27.6 Å². The third kappa shape index (κ3) is 6.14. The van der Waals surface area contributed by atoms with E-state index < -0.39 is 20.8 Å². The number of nitro groups is 1. The summed E-state index contributed by atoms with van der Waals surface area (Å²) in [7, 11) is -2.68. The van der Waals surface area contributed by atoms with Crippen LogP contribution in [-0.4, -0.2) is 33.3 Å². The highest BCUT2D eigenvalue weighted by molar-refractivity contribution is 7.89. The Morgan fingerprint density at radius 1 is 1.23 bits per heavy atom. The molecule has 0 spiro atoms. The zero-order valence-electron chi connectivity index (χ0n) is 16.5. The van der Waals surface area contributed by atoms with Crippen molar-refractivity contribution >= 4 is 21.9 Å². The first kappa shape index (κ1) is 23.1. The lowest BCUT2D eigenvalue weighted by atomic mass is 10.2. The van der Waals surface area contributed by atoms with Gasteiger partial charge in [0, 0.05) is 11.6 Å². The Bertz CT molecular complexity index is 1010. The zero-order chi connectivity index (χ0) is 22.1. The number of nitrogens with zero attached hydrogens (tertiary/aromatic N) is 2. The molecule has 2 aromatic rings. The Balaban J connectivity index is 2.23. The van der Waals surface area contributed by atoms with Gasteiger partial charge in [-0.3, -0.25) is 10.1 Å². The van der Waals surface area contributed by atoms with Crippen LogP contribution in [0.2, 0.25) is 0 Å². The number of rotatable bonds is 11. The molecule has 0 amide bonds. The SMILES string of the molecule is CCCCCOc1c(OC)cc(/C=N/NS(=O)(=O)c2ccc(F)cc2)cc1[N+](=O)[O-]. The second-order valence-corrected chi connectivity index (χ2v) is 7.85. The average Bonchev–Trinajstić information content (AvgIpc) is 2.71. The minimum Gasteiger partial charge on any atom is -0.493 e. The van der Waals surface area contributed by atoms with Crippen molar-refractivity contribution < 1.29 is 27.2 Å². The Morgan fingerprint density at radius 3 is 2.53 bits per heavy atom. The standard InChI is InChI=1S/C19H22FN3O6S/c1-3-4-5-10-29-19-17(23(24)25)11-14(12-18(19)28-2)13-21-22-30(26,27)16-8-6-15(20)7-9-16/h6-9,11-13,22H,3-5,10H2,1-2H3/b21-13+. The van der Waals surface area contributed by atoms with E-state index in [1.165, 1.54) is 19.2 Å². The molecule has 9 nitrogen and oxygen atoms in total. The van der Waals surface area contributed by atoms with E-state index in [1.54, 1.807) is 0 Å². The average molecular weight is 439 g/mol. The van der Waals surface area contributed by atoms with Crippen LogP contribution in [-0.2, 0) is 10.0 Å². The number of ether oxygens (including phenoxy) is 2. The van der Waals surface area contributed by atoms with Crippen molar-refractivity contribution in [3.8, 4) is 11.5 Å². The first-order valence-corrected chi connectivity index (χ1v) is 10.6. The van der Waals surface area contributed by atoms with Crippen molar-refractivity contribution in [2.75, 3.05) is 13.7 Å². The molecule has 2 aromatic carbocycles. The van der Waals surface area contributed by atoms with E-state index in [9.17, 15) is 22.9 Å². The molecule has 0 fully saturated rings. The number of sulfonamides is 1. The fraction of sp³-hybridized carbons (Fsp3) is 0.316. The van der Waals surface area contributed by atoms with E-state index in [0.29, 0.717) is 6.61 Å². The lowest BCUT2D eigenvalue weighted by Gasteiger charge is -2.11. The van der Waals surface area contributed by atoms with Gasteiger partial charge in [-0.25, -0.2) is 9.22 Å². The van der Waals surface area contributed by atoms with E-state index in [1.807, 2.05) is 11.8 Å². The summed E-state index contributed by atoms with van der Waals surface area (Å²) in [5.41, 5.74) is -0.102. The molecule has 0 saturated heterocycles. The normalized spacial score (nSPS) is 11.4. The Morgan fingerprint density at radius 2 is 1.93 bits per heavy atom. The predicted octanol–water partition coefficient (Wildman–Crippen LogP) is 3.62. The molecule has 0 aliphatic rings. The van der Waals surface area contributed by atoms with Gasteiger partial charge in [-0.2, -0.15) is 13.5 Å². The van der Waals surface area contributed by atoms with Gasteiger partial charge in [0.2, 0.25) is 5.75 Å². The summed E-state index contributed by atoms with van der Waals surface area (Å²) < 4.78 is 48.0. The second-order valence-electron chi connectivity index (χ2n) is 6.19. The molecule has 0 aromatic heterocycles. The summed E-state index contributed by atoms with van der Waals surface area (Å²) in [5, 5.41) is 15.1. The molecule has 0 heterocycles. The molecule has 0 radical (unpaired) electrons. The van der Waals surface area contributed by atoms with Gasteiger partial charge < -0.3 is 9.47 Å². The highest BCUT2D eigenvalue weighted by atomic mass is 32.2. The van der Waals surface area contributed by atoms with Gasteiger partial charge in [-0.1, -0.05) is 19.8 Å². The third-order valence-electron chi connectivity index (χ3n) is 3.98. The quantitative estimate of drug-likeness (QED) is 0.247. The molecule has 0 aliphatic carbocycles. The van der Waals surface area contributed by atoms with Crippen LogP contribution >= 0.6 is 0 Å². The molecular weight excluding hydrogens is 417 g/mol. The van der Waals surface area contributed by atoms with Crippen molar-refractivity contribution in [1.82, 2.24) is 4.83 Å². The molecular formula is C19H22FN3O6S. The molecule has 162 valence electrons. The second kappa shape index (κ2) is 10.5. The molecule has 0 atom stereocenters. The smallest absolute Gasteiger partial charge is 0.315 e. The van der Waals surface area contributed by atoms with Gasteiger partial charge >= 0.3 is 5.69 Å². The lowest BCUT2D eigenvalue weighted by Crippen LogP contribution is -2.18. The predicted molar refractivity (Wildman–Crippen MR) is 109 cm³/mol. The van der Waals surface area contributed by atoms with Crippen LogP contribution in [0.4, 0.5) is 10.1 Å². The molecule has 1 N–H and O–H groups in total. The highest BCUT2D eigenvalue weighted by Gasteiger charge is 2.22. The zero-order valence-corrected chi connectivity index (χ0v) is 17.3. The molecule has 0 bridgehead atoms. The summed E-state index contributed by atoms with van der Waals surface area (Å²) in [6.07, 6.45) is 3.74. The monoisotopic (exact) mass is 439 g/mol. The number of halogens is 1. The van der Waals surface area contributed by atoms with E-state index in [0.717, 1.165) is 49.7 Å². The first-order valence-electron chi connectivity index (χ1n) is 9.08. The van der Waals surface area contributed by atoms with Gasteiger partial charge in [0.15, 0.2) is 5.75 Å². The Kier molecular flexibility index (Phi) is 8.10. The van der Waals surface area contributed by atoms with Crippen molar-refractivity contribution in [2.24, 2.45) is 5.10 Å². The van der Waals surface area contributed by atoms with E-state index in [2.05, 4.69) is 5.10 Å². The summed E-state index contributed by atoms with van der Waals surface area (Å²) >= 11 is 0. The van der Waals surface area contributed by atoms with E-state index >= 15 is 0 Å². The fourth-order valence-corrected chi connectivity index (χ4v) is 3.27. The van der Waals surface area contributed by atoms with Crippen LogP contribution in [0.1, 0.15) is 31.7 Å². The topological polar surface area (TPSA) is 120 Å². The highest BCUT2D eigenvalue weighted by Crippen LogP contribution is 2.38. The van der Waals surface area contributed by atoms with Crippen LogP contribution in [0, 0.1) is 15.9 Å². The van der Waals surface area contributed by atoms with Gasteiger partial charge in [0.25, 0.3) is 10.0 Å². The van der Waals surface area contributed by atoms with Crippen molar-refractivity contribution in [1.29, 1.82) is 0 Å². The summed E-state index contributed by atoms with van der Waals surface area (Å²) in [4.78, 5) is 12.6. The van der Waals surface area contributed by atoms with Gasteiger partial charge in [-0.05, 0) is 36.8 Å². The van der Waals surface area contributed by atoms with Crippen LogP contribution in [0.3, 0.4) is 0 Å². The fourth-order valence-electron chi connectivity index (χ4n) is 2.48. The first-order chi connectivity index (χ1) is 14.3. The molecule has 11 heteroatoms. The minimum atomic E-state index is -4.02. The maximum Gasteiger partial charge on any atom is 0.315 e. The van der Waals surface area contributed by atoms with Crippen LogP contribution in [0.25, 0.3) is 0 Å². The van der Waals surface area contributed by atoms with Crippen molar-refractivity contribution in [2.45, 2.75) is 31.1 Å². The molecule has 0 aliphatic heterocycles. The number of nitro benzene ring substituents is 1. The Labute approximate surface area is 173 Å². The molecule has 2 rings (SSSR count). The minimum absolute atomic E-state index is 0.00245. The largest absolute Gasteiger partial charge is 0.493 e. The number of unbranched alkanes of at least 4 members (excludes halogenated alkanes) is 2. The molecule has 30 heavy (non-hydrogen) atoms. The maximum absolute atomic E-state index is 12.9. The van der Waals surface area contributed by atoms with Gasteiger partial charge in [0.1, 0.15) is 5.82 Å². The molecule has 0 saturated carbocycles. The van der Waals surface area contributed by atoms with Gasteiger partial charge in [-0.15, -0.1) is 0 Å². The number of hydrazone groups is 1. The summed E-state index contributed by atoms with van der Waals surface area (Å²) in [6, 6.07) is 6.83. The number of methoxy groups -OCH3 is 1. The van der Waals surface area contributed by atoms with Crippen molar-refractivity contribution in [3.63, 3.8) is 0 Å². The summed E-state index contributed by atoms with van der Waals surface area (Å²) in [5.74, 6) is -0.444. The summed E-state index contributed by atoms with van der Waals surface area (Å²) in [6.45, 7) is 2.33. The van der Waals surface area contributed by atoms with Crippen LogP contribution in [0.5, 0.6) is 11.5 Å². The van der Waals surface area contributed by atoms with Crippen molar-refractivity contribution in [3.05, 3.63) is 57.9 Å². The van der Waals surface area contributed by atoms with Crippen LogP contribution in [0.15, 0.2) is 46.4 Å². The molecule has 0 unspecified atom stereocenters. The third-order valence-corrected chi connectivity index (χ3v) is 5.22. The Hall–Kier alpha value is -3.21. The number of benzene rings is 2. The number of nitrogens with one attached hydrogen (secondary N) is 1. The maximum atomic E-state index is 12.9. The lowest BCUT2D eigenvalue weighted by molar-refractivity contribution is -0.386.